The molecule has 1 rings (SSSR count). The second-order valence-corrected chi connectivity index (χ2v) is 3.00. The molecule has 0 heterocycles. The summed E-state index contributed by atoms with van der Waals surface area (Å²) in [6.45, 7) is 3.91. The normalized spacial score (nSPS) is 15.2. The summed E-state index contributed by atoms with van der Waals surface area (Å²) in [6.07, 6.45) is 0.0624. The summed E-state index contributed by atoms with van der Waals surface area (Å²) in [4.78, 5) is 0. The van der Waals surface area contributed by atoms with Crippen LogP contribution in [-0.4, -0.2) is 12.1 Å². The molecule has 0 aliphatic carbocycles. The van der Waals surface area contributed by atoms with Crippen LogP contribution in [0.15, 0.2) is 30.3 Å². The lowest BCUT2D eigenvalue weighted by molar-refractivity contribution is 0.196. The van der Waals surface area contributed by atoms with Gasteiger partial charge in [-0.25, -0.2) is 0 Å². The van der Waals surface area contributed by atoms with Crippen LogP contribution in [-0.2, 0) is 0 Å². The van der Waals surface area contributed by atoms with Crippen LogP contribution in [0.25, 0.3) is 0 Å². The minimum atomic E-state index is 0.0604. The molecular weight excluding hydrogens is 150 g/mol. The predicted molar refractivity (Wildman–Crippen MR) is 50.2 cm³/mol. The summed E-state index contributed by atoms with van der Waals surface area (Å²) in [5.74, 6) is 0.877. The van der Waals surface area contributed by atoms with Crippen LogP contribution >= 0.6 is 0 Å². The third kappa shape index (κ3) is 2.55. The number of ether oxygens (including phenoxy) is 1. The van der Waals surface area contributed by atoms with E-state index in [9.17, 15) is 0 Å². The molecule has 2 nitrogen and oxygen atoms in total. The third-order valence-electron chi connectivity index (χ3n) is 1.81. The molecule has 0 amide bonds. The monoisotopic (exact) mass is 165 g/mol. The van der Waals surface area contributed by atoms with Gasteiger partial charge in [0.05, 0.1) is 0 Å². The molecule has 0 saturated heterocycles. The first kappa shape index (κ1) is 9.07. The highest BCUT2D eigenvalue weighted by Gasteiger charge is 2.07. The zero-order chi connectivity index (χ0) is 8.97. The minimum Gasteiger partial charge on any atom is -0.489 e. The molecule has 0 saturated carbocycles. The van der Waals surface area contributed by atoms with Gasteiger partial charge in [0, 0.05) is 6.04 Å². The molecule has 0 aromatic heterocycles. The number of para-hydroxylation sites is 1. The largest absolute Gasteiger partial charge is 0.489 e. The van der Waals surface area contributed by atoms with Crippen molar-refractivity contribution in [1.29, 1.82) is 0 Å². The summed E-state index contributed by atoms with van der Waals surface area (Å²) in [5, 5.41) is 0. The fourth-order valence-electron chi connectivity index (χ4n) is 0.821. The molecule has 0 aliphatic heterocycles. The Balaban J connectivity index is 2.53. The molecule has 0 aliphatic rings. The van der Waals surface area contributed by atoms with Gasteiger partial charge in [-0.05, 0) is 26.0 Å². The van der Waals surface area contributed by atoms with Crippen molar-refractivity contribution >= 4 is 0 Å². The topological polar surface area (TPSA) is 35.2 Å². The van der Waals surface area contributed by atoms with Crippen molar-refractivity contribution in [2.24, 2.45) is 5.73 Å². The Labute approximate surface area is 73.3 Å². The summed E-state index contributed by atoms with van der Waals surface area (Å²) in [7, 11) is 0. The molecule has 66 valence electrons. The second kappa shape index (κ2) is 4.12. The molecule has 12 heavy (non-hydrogen) atoms. The Kier molecular flexibility index (Phi) is 3.11. The van der Waals surface area contributed by atoms with Crippen LogP contribution < -0.4 is 10.5 Å². The molecule has 1 aromatic rings. The van der Waals surface area contributed by atoms with E-state index in [0.717, 1.165) is 5.75 Å². The van der Waals surface area contributed by atoms with Gasteiger partial charge in [-0.1, -0.05) is 18.2 Å². The van der Waals surface area contributed by atoms with Crippen LogP contribution in [0.4, 0.5) is 0 Å². The maximum absolute atomic E-state index is 5.66. The standard InChI is InChI=1S/C10H15NO/c1-8(11)9(2)12-10-6-4-3-5-7-10/h3-9H,11H2,1-2H3/t8-,9+/m1/s1. The van der Waals surface area contributed by atoms with Crippen molar-refractivity contribution in [3.63, 3.8) is 0 Å². The Morgan fingerprint density at radius 3 is 2.25 bits per heavy atom. The SMILES string of the molecule is C[C@H](Oc1ccccc1)[C@@H](C)N. The van der Waals surface area contributed by atoms with Gasteiger partial charge < -0.3 is 10.5 Å². The molecule has 2 heteroatoms. The Morgan fingerprint density at radius 1 is 1.17 bits per heavy atom. The summed E-state index contributed by atoms with van der Waals surface area (Å²) < 4.78 is 5.55. The van der Waals surface area contributed by atoms with E-state index in [4.69, 9.17) is 10.5 Å². The lowest BCUT2D eigenvalue weighted by atomic mass is 10.2. The number of benzene rings is 1. The molecule has 0 unspecified atom stereocenters. The van der Waals surface area contributed by atoms with E-state index in [1.165, 1.54) is 0 Å². The van der Waals surface area contributed by atoms with Gasteiger partial charge in [0.25, 0.3) is 0 Å². The van der Waals surface area contributed by atoms with E-state index in [0.29, 0.717) is 0 Å². The molecule has 1 aromatic carbocycles. The van der Waals surface area contributed by atoms with Crippen LogP contribution in [0, 0.1) is 0 Å². The smallest absolute Gasteiger partial charge is 0.119 e. The van der Waals surface area contributed by atoms with E-state index < -0.39 is 0 Å². The lowest BCUT2D eigenvalue weighted by Crippen LogP contribution is -2.33. The maximum atomic E-state index is 5.66. The zero-order valence-corrected chi connectivity index (χ0v) is 7.53. The van der Waals surface area contributed by atoms with Gasteiger partial charge in [-0.15, -0.1) is 0 Å². The zero-order valence-electron chi connectivity index (χ0n) is 7.53. The second-order valence-electron chi connectivity index (χ2n) is 3.00. The van der Waals surface area contributed by atoms with Crippen molar-refractivity contribution in [3.05, 3.63) is 30.3 Å². The first-order valence-electron chi connectivity index (χ1n) is 4.17. The number of rotatable bonds is 3. The van der Waals surface area contributed by atoms with Crippen molar-refractivity contribution in [3.8, 4) is 5.75 Å². The average molecular weight is 165 g/mol. The molecule has 0 bridgehead atoms. The van der Waals surface area contributed by atoms with Crippen LogP contribution in [0.1, 0.15) is 13.8 Å². The van der Waals surface area contributed by atoms with E-state index in [2.05, 4.69) is 0 Å². The van der Waals surface area contributed by atoms with Crippen molar-refractivity contribution in [2.45, 2.75) is 26.0 Å². The quantitative estimate of drug-likeness (QED) is 0.741. The summed E-state index contributed by atoms with van der Waals surface area (Å²) in [5.41, 5.74) is 5.66. The number of hydrogen-bond donors (Lipinski definition) is 1. The fourth-order valence-corrected chi connectivity index (χ4v) is 0.821. The third-order valence-corrected chi connectivity index (χ3v) is 1.81. The lowest BCUT2D eigenvalue weighted by Gasteiger charge is -2.17. The predicted octanol–water partition coefficient (Wildman–Crippen LogP) is 1.80. The van der Waals surface area contributed by atoms with E-state index >= 15 is 0 Å². The van der Waals surface area contributed by atoms with Gasteiger partial charge in [0.15, 0.2) is 0 Å². The summed E-state index contributed by atoms with van der Waals surface area (Å²) in [6, 6.07) is 9.78. The molecule has 0 fully saturated rings. The fraction of sp³-hybridized carbons (Fsp3) is 0.400. The van der Waals surface area contributed by atoms with Gasteiger partial charge in [-0.2, -0.15) is 0 Å². The number of nitrogens with two attached hydrogens (primary N) is 1. The Hall–Kier alpha value is -1.02. The first-order chi connectivity index (χ1) is 5.70. The van der Waals surface area contributed by atoms with Crippen molar-refractivity contribution in [2.75, 3.05) is 0 Å². The molecule has 0 spiro atoms. The van der Waals surface area contributed by atoms with E-state index in [-0.39, 0.29) is 12.1 Å². The highest BCUT2D eigenvalue weighted by Crippen LogP contribution is 2.11. The van der Waals surface area contributed by atoms with Gasteiger partial charge in [-0.3, -0.25) is 0 Å². The maximum Gasteiger partial charge on any atom is 0.119 e. The van der Waals surface area contributed by atoms with Crippen molar-refractivity contribution < 1.29 is 4.74 Å². The van der Waals surface area contributed by atoms with Gasteiger partial charge in [0.2, 0.25) is 0 Å². The van der Waals surface area contributed by atoms with E-state index in [1.54, 1.807) is 0 Å². The van der Waals surface area contributed by atoms with Crippen LogP contribution in [0.2, 0.25) is 0 Å². The summed E-state index contributed by atoms with van der Waals surface area (Å²) >= 11 is 0. The molecular formula is C10H15NO. The van der Waals surface area contributed by atoms with Crippen LogP contribution in [0.3, 0.4) is 0 Å². The Bertz CT molecular complexity index is 221. The van der Waals surface area contributed by atoms with Gasteiger partial charge >= 0.3 is 0 Å². The Morgan fingerprint density at radius 2 is 1.75 bits per heavy atom. The highest BCUT2D eigenvalue weighted by molar-refractivity contribution is 5.21. The molecule has 2 N–H and O–H groups in total. The molecule has 2 atom stereocenters. The number of hydrogen-bond acceptors (Lipinski definition) is 2. The first-order valence-corrected chi connectivity index (χ1v) is 4.17. The van der Waals surface area contributed by atoms with Crippen LogP contribution in [0.5, 0.6) is 5.75 Å². The average Bonchev–Trinajstić information content (AvgIpc) is 2.06. The van der Waals surface area contributed by atoms with Gasteiger partial charge in [0.1, 0.15) is 11.9 Å². The molecule has 0 radical (unpaired) electrons. The highest BCUT2D eigenvalue weighted by atomic mass is 16.5. The van der Waals surface area contributed by atoms with E-state index in [1.807, 2.05) is 44.2 Å². The van der Waals surface area contributed by atoms with Crippen molar-refractivity contribution in [1.82, 2.24) is 0 Å². The minimum absolute atomic E-state index is 0.0604.